The van der Waals surface area contributed by atoms with E-state index in [4.69, 9.17) is 10.2 Å². The van der Waals surface area contributed by atoms with Gasteiger partial charge in [-0.15, -0.1) is 0 Å². The molecule has 0 aliphatic rings. The van der Waals surface area contributed by atoms with Gasteiger partial charge in [0.1, 0.15) is 0 Å². The zero-order valence-corrected chi connectivity index (χ0v) is 6.26. The zero-order valence-electron chi connectivity index (χ0n) is 4.68. The highest BCUT2D eigenvalue weighted by atomic mass is 79.9. The minimum Gasteiger partial charge on any atom is -0.396 e. The third-order valence-electron chi connectivity index (χ3n) is 1.03. The predicted molar refractivity (Wildman–Crippen MR) is 36.1 cm³/mol. The van der Waals surface area contributed by atoms with Crippen LogP contribution in [0.1, 0.15) is 6.42 Å². The highest BCUT2D eigenvalue weighted by Gasteiger charge is 2.02. The van der Waals surface area contributed by atoms with Gasteiger partial charge in [-0.3, -0.25) is 0 Å². The number of hydrogen-bond acceptors (Lipinski definition) is 2. The summed E-state index contributed by atoms with van der Waals surface area (Å²) < 4.78 is 0. The monoisotopic (exact) mass is 182 g/mol. The Morgan fingerprint density at radius 1 is 1.25 bits per heavy atom. The Bertz CT molecular complexity index is 45.7. The minimum atomic E-state index is 0.0642. The van der Waals surface area contributed by atoms with E-state index in [1.54, 1.807) is 0 Å². The Labute approximate surface area is 57.7 Å². The molecule has 0 atom stereocenters. The number of halogens is 1. The molecule has 0 aromatic carbocycles. The molecule has 0 spiro atoms. The Kier molecular flexibility index (Phi) is 5.81. The van der Waals surface area contributed by atoms with Crippen LogP contribution in [-0.4, -0.2) is 28.8 Å². The van der Waals surface area contributed by atoms with Gasteiger partial charge in [0.05, 0.1) is 0 Å². The van der Waals surface area contributed by atoms with E-state index in [-0.39, 0.29) is 19.1 Å². The molecule has 8 heavy (non-hydrogen) atoms. The van der Waals surface area contributed by atoms with Crippen molar-refractivity contribution in [3.63, 3.8) is 0 Å². The maximum absolute atomic E-state index is 8.48. The molecule has 0 aliphatic heterocycles. The number of aliphatic hydroxyl groups excluding tert-OH is 2. The Morgan fingerprint density at radius 2 is 1.75 bits per heavy atom. The van der Waals surface area contributed by atoms with Crippen molar-refractivity contribution in [2.75, 3.05) is 18.5 Å². The average molecular weight is 183 g/mol. The summed E-state index contributed by atoms with van der Waals surface area (Å²) in [6.45, 7) is 0.171. The molecule has 0 bridgehead atoms. The van der Waals surface area contributed by atoms with Crippen molar-refractivity contribution in [3.8, 4) is 0 Å². The lowest BCUT2D eigenvalue weighted by atomic mass is 10.1. The van der Waals surface area contributed by atoms with E-state index in [9.17, 15) is 0 Å². The highest BCUT2D eigenvalue weighted by molar-refractivity contribution is 9.09. The predicted octanol–water partition coefficient (Wildman–Crippen LogP) is 0.372. The first-order valence-electron chi connectivity index (χ1n) is 2.62. The fourth-order valence-corrected chi connectivity index (χ4v) is 1.04. The van der Waals surface area contributed by atoms with Gasteiger partial charge in [0.25, 0.3) is 0 Å². The Balaban J connectivity index is 3.07. The quantitative estimate of drug-likeness (QED) is 0.618. The molecule has 0 radical (unpaired) electrons. The third-order valence-corrected chi connectivity index (χ3v) is 1.49. The van der Waals surface area contributed by atoms with Crippen molar-refractivity contribution in [1.29, 1.82) is 0 Å². The fraction of sp³-hybridized carbons (Fsp3) is 1.00. The van der Waals surface area contributed by atoms with Gasteiger partial charge >= 0.3 is 0 Å². The van der Waals surface area contributed by atoms with Gasteiger partial charge < -0.3 is 10.2 Å². The molecule has 0 amide bonds. The molecule has 0 rings (SSSR count). The van der Waals surface area contributed by atoms with Crippen molar-refractivity contribution < 1.29 is 10.2 Å². The lowest BCUT2D eigenvalue weighted by Gasteiger charge is -2.05. The molecule has 0 aromatic heterocycles. The molecular formula is C5H11BrO2. The van der Waals surface area contributed by atoms with E-state index < -0.39 is 0 Å². The summed E-state index contributed by atoms with van der Waals surface area (Å²) in [5.41, 5.74) is 0. The molecule has 2 N–H and O–H groups in total. The first kappa shape index (κ1) is 8.40. The second-order valence-corrected chi connectivity index (χ2v) is 2.50. The van der Waals surface area contributed by atoms with Crippen LogP contribution in [0.25, 0.3) is 0 Å². The molecule has 0 aliphatic carbocycles. The van der Waals surface area contributed by atoms with Gasteiger partial charge in [-0.2, -0.15) is 0 Å². The zero-order chi connectivity index (χ0) is 6.41. The lowest BCUT2D eigenvalue weighted by Crippen LogP contribution is -2.10. The third kappa shape index (κ3) is 3.41. The lowest BCUT2D eigenvalue weighted by molar-refractivity contribution is 0.148. The van der Waals surface area contributed by atoms with Gasteiger partial charge in [-0.05, 0) is 6.42 Å². The summed E-state index contributed by atoms with van der Waals surface area (Å²) in [5, 5.41) is 17.8. The van der Waals surface area contributed by atoms with E-state index in [2.05, 4.69) is 15.9 Å². The van der Waals surface area contributed by atoms with Crippen LogP contribution in [0.5, 0.6) is 0 Å². The molecule has 0 heterocycles. The largest absolute Gasteiger partial charge is 0.396 e. The van der Waals surface area contributed by atoms with Crippen molar-refractivity contribution in [2.24, 2.45) is 5.92 Å². The topological polar surface area (TPSA) is 40.5 Å². The van der Waals surface area contributed by atoms with Crippen LogP contribution in [-0.2, 0) is 0 Å². The molecular weight excluding hydrogens is 172 g/mol. The molecule has 3 heteroatoms. The molecule has 0 saturated heterocycles. The van der Waals surface area contributed by atoms with Crippen LogP contribution >= 0.6 is 15.9 Å². The summed E-state index contributed by atoms with van der Waals surface area (Å²) in [4.78, 5) is 0. The fourth-order valence-electron chi connectivity index (χ4n) is 0.395. The summed E-state index contributed by atoms with van der Waals surface area (Å²) in [6.07, 6.45) is 0.840. The van der Waals surface area contributed by atoms with Crippen molar-refractivity contribution in [2.45, 2.75) is 6.42 Å². The summed E-state index contributed by atoms with van der Waals surface area (Å²) >= 11 is 3.21. The van der Waals surface area contributed by atoms with E-state index in [0.29, 0.717) is 0 Å². The van der Waals surface area contributed by atoms with Crippen LogP contribution in [0, 0.1) is 5.92 Å². The van der Waals surface area contributed by atoms with Crippen LogP contribution in [0.4, 0.5) is 0 Å². The number of aliphatic hydroxyl groups is 2. The number of alkyl halides is 1. The first-order valence-corrected chi connectivity index (χ1v) is 3.75. The summed E-state index contributed by atoms with van der Waals surface area (Å²) in [7, 11) is 0. The standard InChI is InChI=1S/C5H11BrO2/c6-2-1-5(3-7)4-8/h5,7-8H,1-4H2. The van der Waals surface area contributed by atoms with E-state index in [0.717, 1.165) is 11.8 Å². The van der Waals surface area contributed by atoms with Crippen LogP contribution < -0.4 is 0 Å². The van der Waals surface area contributed by atoms with E-state index in [1.165, 1.54) is 0 Å². The second kappa shape index (κ2) is 5.54. The maximum Gasteiger partial charge on any atom is 0.0481 e. The Morgan fingerprint density at radius 3 is 1.88 bits per heavy atom. The van der Waals surface area contributed by atoms with Gasteiger partial charge in [-0.1, -0.05) is 15.9 Å². The second-order valence-electron chi connectivity index (χ2n) is 1.71. The molecule has 0 saturated carbocycles. The average Bonchev–Trinajstić information content (AvgIpc) is 1.83. The van der Waals surface area contributed by atoms with Crippen LogP contribution in [0.2, 0.25) is 0 Å². The van der Waals surface area contributed by atoms with Gasteiger partial charge in [0.15, 0.2) is 0 Å². The molecule has 0 unspecified atom stereocenters. The molecule has 2 nitrogen and oxygen atoms in total. The normalized spacial score (nSPS) is 10.5. The smallest absolute Gasteiger partial charge is 0.0481 e. The van der Waals surface area contributed by atoms with Gasteiger partial charge in [-0.25, -0.2) is 0 Å². The first-order chi connectivity index (χ1) is 3.85. The van der Waals surface area contributed by atoms with Gasteiger partial charge in [0.2, 0.25) is 0 Å². The molecule has 50 valence electrons. The van der Waals surface area contributed by atoms with Crippen LogP contribution in [0.3, 0.4) is 0 Å². The highest BCUT2D eigenvalue weighted by Crippen LogP contribution is 2.01. The summed E-state index contributed by atoms with van der Waals surface area (Å²) in [6, 6.07) is 0. The SMILES string of the molecule is OCC(CO)CCBr. The number of rotatable bonds is 4. The van der Waals surface area contributed by atoms with Crippen LogP contribution in [0.15, 0.2) is 0 Å². The number of hydrogen-bond donors (Lipinski definition) is 2. The van der Waals surface area contributed by atoms with Crippen molar-refractivity contribution >= 4 is 15.9 Å². The van der Waals surface area contributed by atoms with Crippen molar-refractivity contribution in [3.05, 3.63) is 0 Å². The molecule has 0 fully saturated rings. The maximum atomic E-state index is 8.48. The minimum absolute atomic E-state index is 0.0642. The van der Waals surface area contributed by atoms with Crippen molar-refractivity contribution in [1.82, 2.24) is 0 Å². The van der Waals surface area contributed by atoms with E-state index >= 15 is 0 Å². The van der Waals surface area contributed by atoms with E-state index in [1.807, 2.05) is 0 Å². The summed E-state index contributed by atoms with van der Waals surface area (Å²) in [5.74, 6) is 0.0642. The van der Waals surface area contributed by atoms with Gasteiger partial charge in [0, 0.05) is 24.5 Å². The molecule has 0 aromatic rings. The Hall–Kier alpha value is 0.400.